The highest BCUT2D eigenvalue weighted by Gasteiger charge is 2.18. The third kappa shape index (κ3) is 2.99. The SMILES string of the molecule is Cc1ccc(C)c(C(NN)c2cccc(C)c2I)c1. The Morgan fingerprint density at radius 3 is 2.42 bits per heavy atom. The van der Waals surface area contributed by atoms with Crippen LogP contribution in [0.4, 0.5) is 0 Å². The molecule has 3 N–H and O–H groups in total. The quantitative estimate of drug-likeness (QED) is 0.493. The van der Waals surface area contributed by atoms with Gasteiger partial charge in [-0.3, -0.25) is 5.84 Å². The molecule has 2 aromatic rings. The lowest BCUT2D eigenvalue weighted by molar-refractivity contribution is 0.630. The van der Waals surface area contributed by atoms with Crippen molar-refractivity contribution < 1.29 is 0 Å². The number of hydrogen-bond donors (Lipinski definition) is 2. The first kappa shape index (κ1) is 14.5. The Morgan fingerprint density at radius 2 is 1.74 bits per heavy atom. The second-order valence-electron chi connectivity index (χ2n) is 4.94. The van der Waals surface area contributed by atoms with Crippen LogP contribution in [0.25, 0.3) is 0 Å². The monoisotopic (exact) mass is 366 g/mol. The van der Waals surface area contributed by atoms with E-state index in [0.717, 1.165) is 0 Å². The third-order valence-electron chi connectivity index (χ3n) is 3.45. The molecule has 0 aliphatic heterocycles. The van der Waals surface area contributed by atoms with Gasteiger partial charge in [0.15, 0.2) is 0 Å². The lowest BCUT2D eigenvalue weighted by Crippen LogP contribution is -2.30. The van der Waals surface area contributed by atoms with Crippen LogP contribution < -0.4 is 11.3 Å². The van der Waals surface area contributed by atoms with E-state index < -0.39 is 0 Å². The zero-order valence-corrected chi connectivity index (χ0v) is 13.7. The van der Waals surface area contributed by atoms with Crippen molar-refractivity contribution in [3.05, 3.63) is 67.8 Å². The zero-order chi connectivity index (χ0) is 14.0. The van der Waals surface area contributed by atoms with Gasteiger partial charge in [-0.1, -0.05) is 42.0 Å². The summed E-state index contributed by atoms with van der Waals surface area (Å²) in [5.41, 5.74) is 9.23. The Bertz CT molecular complexity index is 591. The summed E-state index contributed by atoms with van der Waals surface area (Å²) < 4.78 is 1.27. The molecule has 0 amide bonds. The summed E-state index contributed by atoms with van der Waals surface area (Å²) in [5.74, 6) is 5.82. The summed E-state index contributed by atoms with van der Waals surface area (Å²) in [5, 5.41) is 0. The number of aryl methyl sites for hydroxylation is 3. The Balaban J connectivity index is 2.56. The van der Waals surface area contributed by atoms with Gasteiger partial charge in [0, 0.05) is 3.57 Å². The zero-order valence-electron chi connectivity index (χ0n) is 11.5. The molecule has 0 spiro atoms. The molecule has 0 heterocycles. The van der Waals surface area contributed by atoms with Gasteiger partial charge in [0.05, 0.1) is 6.04 Å². The van der Waals surface area contributed by atoms with Crippen LogP contribution in [-0.2, 0) is 0 Å². The predicted molar refractivity (Wildman–Crippen MR) is 89.0 cm³/mol. The summed E-state index contributed by atoms with van der Waals surface area (Å²) in [7, 11) is 0. The van der Waals surface area contributed by atoms with Gasteiger partial charge in [0.25, 0.3) is 0 Å². The molecule has 1 unspecified atom stereocenters. The Morgan fingerprint density at radius 1 is 1.00 bits per heavy atom. The fraction of sp³-hybridized carbons (Fsp3) is 0.250. The summed E-state index contributed by atoms with van der Waals surface area (Å²) in [6.45, 7) is 6.36. The number of nitrogens with two attached hydrogens (primary N) is 1. The lowest BCUT2D eigenvalue weighted by Gasteiger charge is -2.21. The molecule has 100 valence electrons. The minimum Gasteiger partial charge on any atom is -0.271 e. The molecule has 2 rings (SSSR count). The minimum atomic E-state index is 0.0340. The molecule has 0 aliphatic rings. The van der Waals surface area contributed by atoms with Crippen LogP contribution in [0.3, 0.4) is 0 Å². The highest BCUT2D eigenvalue weighted by Crippen LogP contribution is 2.29. The van der Waals surface area contributed by atoms with Crippen LogP contribution in [0.15, 0.2) is 36.4 Å². The van der Waals surface area contributed by atoms with Crippen LogP contribution in [-0.4, -0.2) is 0 Å². The summed E-state index contributed by atoms with van der Waals surface area (Å²) in [4.78, 5) is 0. The first-order chi connectivity index (χ1) is 9.04. The molecule has 0 radical (unpaired) electrons. The molecular formula is C16H19IN2. The number of hydrogen-bond acceptors (Lipinski definition) is 2. The van der Waals surface area contributed by atoms with E-state index in [9.17, 15) is 0 Å². The lowest BCUT2D eigenvalue weighted by atomic mass is 9.93. The maximum absolute atomic E-state index is 5.82. The van der Waals surface area contributed by atoms with Crippen molar-refractivity contribution in [2.75, 3.05) is 0 Å². The smallest absolute Gasteiger partial charge is 0.0723 e. The van der Waals surface area contributed by atoms with E-state index >= 15 is 0 Å². The highest BCUT2D eigenvalue weighted by atomic mass is 127. The molecule has 0 aromatic heterocycles. The van der Waals surface area contributed by atoms with Crippen molar-refractivity contribution >= 4 is 22.6 Å². The maximum atomic E-state index is 5.82. The topological polar surface area (TPSA) is 38.0 Å². The fourth-order valence-corrected chi connectivity index (χ4v) is 2.98. The molecule has 3 heteroatoms. The van der Waals surface area contributed by atoms with Gasteiger partial charge in [-0.05, 0) is 65.6 Å². The summed E-state index contributed by atoms with van der Waals surface area (Å²) >= 11 is 2.40. The van der Waals surface area contributed by atoms with E-state index in [0.29, 0.717) is 0 Å². The Kier molecular flexibility index (Phi) is 4.60. The van der Waals surface area contributed by atoms with Gasteiger partial charge in [-0.2, -0.15) is 0 Å². The standard InChI is InChI=1S/C16H19IN2/c1-10-7-8-11(2)14(9-10)16(19-18)13-6-4-5-12(3)15(13)17/h4-9,16,19H,18H2,1-3H3. The molecule has 1 atom stereocenters. The molecule has 0 saturated heterocycles. The van der Waals surface area contributed by atoms with E-state index in [1.165, 1.54) is 31.4 Å². The average molecular weight is 366 g/mol. The van der Waals surface area contributed by atoms with Crippen LogP contribution in [0, 0.1) is 24.3 Å². The summed E-state index contributed by atoms with van der Waals surface area (Å²) in [6.07, 6.45) is 0. The first-order valence-electron chi connectivity index (χ1n) is 6.33. The van der Waals surface area contributed by atoms with Crippen molar-refractivity contribution in [1.82, 2.24) is 5.43 Å². The van der Waals surface area contributed by atoms with E-state index in [1.807, 2.05) is 0 Å². The van der Waals surface area contributed by atoms with Crippen molar-refractivity contribution in [3.63, 3.8) is 0 Å². The molecule has 0 saturated carbocycles. The van der Waals surface area contributed by atoms with Crippen LogP contribution in [0.5, 0.6) is 0 Å². The number of halogens is 1. The van der Waals surface area contributed by atoms with E-state index in [2.05, 4.69) is 85.2 Å². The van der Waals surface area contributed by atoms with Crippen molar-refractivity contribution in [2.24, 2.45) is 5.84 Å². The molecule has 2 nitrogen and oxygen atoms in total. The Hall–Kier alpha value is -0.910. The van der Waals surface area contributed by atoms with Crippen LogP contribution >= 0.6 is 22.6 Å². The largest absolute Gasteiger partial charge is 0.271 e. The second-order valence-corrected chi connectivity index (χ2v) is 6.02. The number of hydrazine groups is 1. The van der Waals surface area contributed by atoms with Gasteiger partial charge in [-0.15, -0.1) is 0 Å². The van der Waals surface area contributed by atoms with Gasteiger partial charge >= 0.3 is 0 Å². The van der Waals surface area contributed by atoms with E-state index in [1.54, 1.807) is 0 Å². The first-order valence-corrected chi connectivity index (χ1v) is 7.40. The van der Waals surface area contributed by atoms with Crippen LogP contribution in [0.2, 0.25) is 0 Å². The average Bonchev–Trinajstić information content (AvgIpc) is 2.39. The van der Waals surface area contributed by atoms with Crippen molar-refractivity contribution in [3.8, 4) is 0 Å². The van der Waals surface area contributed by atoms with E-state index in [-0.39, 0.29) is 6.04 Å². The fourth-order valence-electron chi connectivity index (χ4n) is 2.31. The minimum absolute atomic E-state index is 0.0340. The van der Waals surface area contributed by atoms with Crippen molar-refractivity contribution in [1.29, 1.82) is 0 Å². The molecule has 0 aliphatic carbocycles. The van der Waals surface area contributed by atoms with Gasteiger partial charge in [0.1, 0.15) is 0 Å². The Labute approximate surface area is 128 Å². The van der Waals surface area contributed by atoms with Gasteiger partial charge in [0.2, 0.25) is 0 Å². The van der Waals surface area contributed by atoms with Gasteiger partial charge < -0.3 is 0 Å². The summed E-state index contributed by atoms with van der Waals surface area (Å²) in [6, 6.07) is 12.9. The van der Waals surface area contributed by atoms with E-state index in [4.69, 9.17) is 5.84 Å². The van der Waals surface area contributed by atoms with Crippen LogP contribution in [0.1, 0.15) is 33.9 Å². The highest BCUT2D eigenvalue weighted by molar-refractivity contribution is 14.1. The molecule has 0 bridgehead atoms. The number of nitrogens with one attached hydrogen (secondary N) is 1. The second kappa shape index (κ2) is 6.03. The number of rotatable bonds is 3. The molecule has 0 fully saturated rings. The molecule has 19 heavy (non-hydrogen) atoms. The third-order valence-corrected chi connectivity index (χ3v) is 4.92. The predicted octanol–water partition coefficient (Wildman–Crippen LogP) is 3.77. The van der Waals surface area contributed by atoms with Gasteiger partial charge in [-0.25, -0.2) is 5.43 Å². The number of benzene rings is 2. The normalized spacial score (nSPS) is 12.5. The molecular weight excluding hydrogens is 347 g/mol. The van der Waals surface area contributed by atoms with Crippen molar-refractivity contribution in [2.45, 2.75) is 26.8 Å². The maximum Gasteiger partial charge on any atom is 0.0723 e. The molecule has 2 aromatic carbocycles.